The van der Waals surface area contributed by atoms with E-state index in [2.05, 4.69) is 12.2 Å². The third-order valence-electron chi connectivity index (χ3n) is 0.782. The Kier molecular flexibility index (Phi) is 2.30. The van der Waals surface area contributed by atoms with Crippen LogP contribution in [0, 0.1) is 0 Å². The van der Waals surface area contributed by atoms with E-state index in [0.29, 0.717) is 0 Å². The fraction of sp³-hybridized carbons (Fsp3) is 0.600. The molecule has 0 aromatic carbocycles. The first-order valence-corrected chi connectivity index (χ1v) is 3.30. The molecule has 0 saturated heterocycles. The second-order valence-electron chi connectivity index (χ2n) is 1.37. The van der Waals surface area contributed by atoms with Crippen LogP contribution < -0.4 is 0 Å². The lowest BCUT2D eigenvalue weighted by molar-refractivity contribution is 0.386. The average molecular weight is 116 g/mol. The maximum absolute atomic E-state index is 5.05. The van der Waals surface area contributed by atoms with Gasteiger partial charge in [-0.2, -0.15) is 0 Å². The summed E-state index contributed by atoms with van der Waals surface area (Å²) < 4.78 is 5.05. The first kappa shape index (κ1) is 5.19. The van der Waals surface area contributed by atoms with E-state index in [0.717, 1.165) is 18.8 Å². The molecule has 0 aliphatic carbocycles. The molecule has 0 aromatic rings. The van der Waals surface area contributed by atoms with Gasteiger partial charge >= 0.3 is 0 Å². The van der Waals surface area contributed by atoms with E-state index in [1.165, 1.54) is 12.0 Å². The van der Waals surface area contributed by atoms with Gasteiger partial charge in [0.25, 0.3) is 0 Å². The molecule has 7 heavy (non-hydrogen) atoms. The highest BCUT2D eigenvalue weighted by Crippen LogP contribution is 2.07. The molecule has 1 aliphatic rings. The Balaban J connectivity index is 2.20. The average Bonchev–Trinajstić information content (AvgIpc) is 1.90. The Morgan fingerprint density at radius 2 is 2.43 bits per heavy atom. The quantitative estimate of drug-likeness (QED) is 0.351. The number of hydrogen-bond acceptors (Lipinski definition) is 2. The van der Waals surface area contributed by atoms with Crippen LogP contribution >= 0.6 is 12.0 Å². The second-order valence-corrected chi connectivity index (χ2v) is 2.17. The van der Waals surface area contributed by atoms with Crippen molar-refractivity contribution in [2.45, 2.75) is 6.42 Å². The predicted molar refractivity (Wildman–Crippen MR) is 32.2 cm³/mol. The van der Waals surface area contributed by atoms with E-state index in [1.54, 1.807) is 0 Å². The third kappa shape index (κ3) is 2.00. The minimum Gasteiger partial charge on any atom is -0.315 e. The summed E-state index contributed by atoms with van der Waals surface area (Å²) >= 11 is 1.53. The Hall–Kier alpha value is 0.0500. The van der Waals surface area contributed by atoms with Crippen molar-refractivity contribution in [1.82, 2.24) is 0 Å². The highest BCUT2D eigenvalue weighted by molar-refractivity contribution is 7.94. The molecule has 1 heterocycles. The summed E-state index contributed by atoms with van der Waals surface area (Å²) in [5.74, 6) is 1.01. The molecule has 0 radical (unpaired) electrons. The molecule has 1 aliphatic heterocycles. The zero-order chi connectivity index (χ0) is 4.95. The fourth-order valence-corrected chi connectivity index (χ4v) is 0.973. The summed E-state index contributed by atoms with van der Waals surface area (Å²) in [5.41, 5.74) is 0. The zero-order valence-electron chi connectivity index (χ0n) is 4.09. The third-order valence-corrected chi connectivity index (χ3v) is 1.44. The SMILES string of the molecule is C1=CCSOCC1. The van der Waals surface area contributed by atoms with E-state index in [-0.39, 0.29) is 0 Å². The molecule has 1 nitrogen and oxygen atoms in total. The van der Waals surface area contributed by atoms with Crippen molar-refractivity contribution in [2.24, 2.45) is 0 Å². The van der Waals surface area contributed by atoms with Crippen molar-refractivity contribution in [3.63, 3.8) is 0 Å². The molecule has 0 saturated carbocycles. The largest absolute Gasteiger partial charge is 0.315 e. The molecule has 0 N–H and O–H groups in total. The van der Waals surface area contributed by atoms with Crippen LogP contribution in [0.25, 0.3) is 0 Å². The summed E-state index contributed by atoms with van der Waals surface area (Å²) in [6.45, 7) is 0.876. The van der Waals surface area contributed by atoms with Gasteiger partial charge in [-0.25, -0.2) is 0 Å². The van der Waals surface area contributed by atoms with Gasteiger partial charge in [-0.15, -0.1) is 0 Å². The lowest BCUT2D eigenvalue weighted by atomic mass is 10.4. The summed E-state index contributed by atoms with van der Waals surface area (Å²) in [4.78, 5) is 0. The normalized spacial score (nSPS) is 21.7. The zero-order valence-corrected chi connectivity index (χ0v) is 4.91. The molecule has 0 bridgehead atoms. The fourth-order valence-electron chi connectivity index (χ4n) is 0.448. The van der Waals surface area contributed by atoms with Crippen LogP contribution in [0.2, 0.25) is 0 Å². The monoisotopic (exact) mass is 116 g/mol. The van der Waals surface area contributed by atoms with Gasteiger partial charge in [-0.3, -0.25) is 0 Å². The standard InChI is InChI=1S/C5H8OS/c1-2-4-6-7-5-3-1/h1,3H,2,4-5H2. The van der Waals surface area contributed by atoms with Crippen molar-refractivity contribution < 1.29 is 4.18 Å². The molecular formula is C5H8OS. The molecule has 0 fully saturated rings. The minimum absolute atomic E-state index is 0.876. The highest BCUT2D eigenvalue weighted by atomic mass is 32.2. The molecule has 40 valence electrons. The van der Waals surface area contributed by atoms with Gasteiger partial charge in [0.05, 0.1) is 6.61 Å². The van der Waals surface area contributed by atoms with Crippen LogP contribution in [0.4, 0.5) is 0 Å². The predicted octanol–water partition coefficient (Wildman–Crippen LogP) is 1.61. The van der Waals surface area contributed by atoms with Crippen molar-refractivity contribution in [3.05, 3.63) is 12.2 Å². The van der Waals surface area contributed by atoms with Gasteiger partial charge in [0.15, 0.2) is 0 Å². The molecule has 0 unspecified atom stereocenters. The second kappa shape index (κ2) is 3.10. The molecule has 2 heteroatoms. The van der Waals surface area contributed by atoms with Gasteiger partial charge in [0.1, 0.15) is 0 Å². The van der Waals surface area contributed by atoms with E-state index in [4.69, 9.17) is 4.18 Å². The van der Waals surface area contributed by atoms with Gasteiger partial charge in [0.2, 0.25) is 0 Å². The van der Waals surface area contributed by atoms with E-state index in [9.17, 15) is 0 Å². The van der Waals surface area contributed by atoms with Crippen molar-refractivity contribution in [2.75, 3.05) is 12.4 Å². The molecule has 0 atom stereocenters. The minimum atomic E-state index is 0.876. The van der Waals surface area contributed by atoms with Gasteiger partial charge < -0.3 is 4.18 Å². The van der Waals surface area contributed by atoms with E-state index in [1.807, 2.05) is 0 Å². The summed E-state index contributed by atoms with van der Waals surface area (Å²) in [5, 5.41) is 0. The van der Waals surface area contributed by atoms with Gasteiger partial charge in [-0.05, 0) is 18.5 Å². The topological polar surface area (TPSA) is 9.23 Å². The van der Waals surface area contributed by atoms with Crippen LogP contribution in [-0.2, 0) is 4.18 Å². The number of hydrogen-bond donors (Lipinski definition) is 0. The number of rotatable bonds is 0. The maximum atomic E-state index is 5.05. The lowest BCUT2D eigenvalue weighted by Crippen LogP contribution is -1.78. The van der Waals surface area contributed by atoms with E-state index >= 15 is 0 Å². The summed E-state index contributed by atoms with van der Waals surface area (Å²) in [7, 11) is 0. The Morgan fingerprint density at radius 1 is 1.43 bits per heavy atom. The molecule has 0 amide bonds. The first-order valence-electron chi connectivity index (χ1n) is 2.39. The van der Waals surface area contributed by atoms with Crippen LogP contribution in [0.1, 0.15) is 6.42 Å². The maximum Gasteiger partial charge on any atom is 0.0648 e. The molecule has 0 spiro atoms. The van der Waals surface area contributed by atoms with E-state index < -0.39 is 0 Å². The van der Waals surface area contributed by atoms with Crippen molar-refractivity contribution in [3.8, 4) is 0 Å². The summed E-state index contributed by atoms with van der Waals surface area (Å²) in [6, 6.07) is 0. The molecular weight excluding hydrogens is 108 g/mol. The molecule has 1 rings (SSSR count). The van der Waals surface area contributed by atoms with Crippen LogP contribution in [0.3, 0.4) is 0 Å². The lowest BCUT2D eigenvalue weighted by Gasteiger charge is -1.90. The van der Waals surface area contributed by atoms with Gasteiger partial charge in [0, 0.05) is 5.75 Å². The van der Waals surface area contributed by atoms with Crippen molar-refractivity contribution in [1.29, 1.82) is 0 Å². The first-order chi connectivity index (χ1) is 3.50. The Bertz CT molecular complexity index is 62.5. The van der Waals surface area contributed by atoms with Crippen LogP contribution in [0.5, 0.6) is 0 Å². The Morgan fingerprint density at radius 3 is 3.43 bits per heavy atom. The highest BCUT2D eigenvalue weighted by Gasteiger charge is 1.88. The van der Waals surface area contributed by atoms with Crippen molar-refractivity contribution >= 4 is 12.0 Å². The smallest absolute Gasteiger partial charge is 0.0648 e. The molecule has 0 aromatic heterocycles. The van der Waals surface area contributed by atoms with Gasteiger partial charge in [-0.1, -0.05) is 12.2 Å². The Labute approximate surface area is 47.9 Å². The summed E-state index contributed by atoms with van der Waals surface area (Å²) in [6.07, 6.45) is 5.37. The van der Waals surface area contributed by atoms with Crippen LogP contribution in [0.15, 0.2) is 12.2 Å². The van der Waals surface area contributed by atoms with Crippen LogP contribution in [-0.4, -0.2) is 12.4 Å².